The molecule has 18 heavy (non-hydrogen) atoms. The molecule has 0 radical (unpaired) electrons. The molecule has 1 fully saturated rings. The molecule has 0 aromatic carbocycles. The Morgan fingerprint density at radius 3 is 2.94 bits per heavy atom. The van der Waals surface area contributed by atoms with Crippen molar-refractivity contribution in [2.45, 2.75) is 19.3 Å². The number of nitrogens with zero attached hydrogens (tertiary/aromatic N) is 2. The summed E-state index contributed by atoms with van der Waals surface area (Å²) < 4.78 is 5.55. The second-order valence-corrected chi connectivity index (χ2v) is 4.86. The highest BCUT2D eigenvalue weighted by atomic mass is 32.1. The largest absolute Gasteiger partial charge is 0.388 e. The van der Waals surface area contributed by atoms with Crippen LogP contribution in [-0.4, -0.2) is 34.7 Å². The van der Waals surface area contributed by atoms with E-state index in [2.05, 4.69) is 15.3 Å². The molecule has 1 aromatic heterocycles. The van der Waals surface area contributed by atoms with E-state index in [9.17, 15) is 0 Å². The molecule has 0 amide bonds. The molecule has 0 aliphatic heterocycles. The fourth-order valence-electron chi connectivity index (χ4n) is 1.56. The summed E-state index contributed by atoms with van der Waals surface area (Å²) in [5.74, 6) is 1.46. The number of anilines is 1. The predicted octanol–water partition coefficient (Wildman–Crippen LogP) is 1.34. The van der Waals surface area contributed by atoms with Gasteiger partial charge in [-0.05, 0) is 25.2 Å². The summed E-state index contributed by atoms with van der Waals surface area (Å²) in [6.07, 6.45) is 6.79. The van der Waals surface area contributed by atoms with Crippen molar-refractivity contribution in [2.24, 2.45) is 11.7 Å². The minimum atomic E-state index is 0.260. The first-order valence-corrected chi connectivity index (χ1v) is 6.60. The van der Waals surface area contributed by atoms with E-state index in [-0.39, 0.29) is 4.99 Å². The zero-order chi connectivity index (χ0) is 12.8. The number of ether oxygens (including phenoxy) is 1. The average molecular weight is 266 g/mol. The Labute approximate surface area is 112 Å². The van der Waals surface area contributed by atoms with E-state index in [1.807, 2.05) is 0 Å². The van der Waals surface area contributed by atoms with Crippen molar-refractivity contribution in [3.05, 3.63) is 18.1 Å². The predicted molar refractivity (Wildman–Crippen MR) is 74.6 cm³/mol. The van der Waals surface area contributed by atoms with Gasteiger partial charge >= 0.3 is 0 Å². The Morgan fingerprint density at radius 1 is 1.44 bits per heavy atom. The zero-order valence-electron chi connectivity index (χ0n) is 10.3. The average Bonchev–Trinajstić information content (AvgIpc) is 3.18. The van der Waals surface area contributed by atoms with E-state index in [1.54, 1.807) is 12.4 Å². The van der Waals surface area contributed by atoms with E-state index in [4.69, 9.17) is 22.7 Å². The summed E-state index contributed by atoms with van der Waals surface area (Å²) >= 11 is 4.92. The molecule has 0 spiro atoms. The van der Waals surface area contributed by atoms with Crippen LogP contribution < -0.4 is 11.1 Å². The minimum absolute atomic E-state index is 0.260. The number of nitrogens with one attached hydrogen (secondary N) is 1. The monoisotopic (exact) mass is 266 g/mol. The van der Waals surface area contributed by atoms with Gasteiger partial charge in [-0.2, -0.15) is 0 Å². The third kappa shape index (κ3) is 4.19. The molecule has 1 aromatic rings. The number of thiocarbonyl (C=S) groups is 1. The maximum atomic E-state index is 5.57. The fraction of sp³-hybridized carbons (Fsp3) is 0.583. The van der Waals surface area contributed by atoms with Gasteiger partial charge in [-0.15, -0.1) is 0 Å². The van der Waals surface area contributed by atoms with Crippen LogP contribution >= 0.6 is 12.2 Å². The molecule has 0 bridgehead atoms. The van der Waals surface area contributed by atoms with E-state index in [1.165, 1.54) is 12.8 Å². The van der Waals surface area contributed by atoms with Gasteiger partial charge in [0.05, 0.1) is 0 Å². The molecule has 3 N–H and O–H groups in total. The first-order chi connectivity index (χ1) is 8.77. The zero-order valence-corrected chi connectivity index (χ0v) is 11.1. The summed E-state index contributed by atoms with van der Waals surface area (Å²) in [7, 11) is 0. The van der Waals surface area contributed by atoms with Crippen LogP contribution in [0.15, 0.2) is 12.4 Å². The Balaban J connectivity index is 1.67. The van der Waals surface area contributed by atoms with Crippen LogP contribution in [0.5, 0.6) is 0 Å². The van der Waals surface area contributed by atoms with Crippen LogP contribution in [0.4, 0.5) is 5.82 Å². The number of aromatic nitrogens is 2. The summed E-state index contributed by atoms with van der Waals surface area (Å²) in [6.45, 7) is 2.45. The van der Waals surface area contributed by atoms with Crippen molar-refractivity contribution in [3.8, 4) is 0 Å². The summed E-state index contributed by atoms with van der Waals surface area (Å²) in [4.78, 5) is 8.54. The topological polar surface area (TPSA) is 73.1 Å². The fourth-order valence-corrected chi connectivity index (χ4v) is 1.71. The Kier molecular flexibility index (Phi) is 4.83. The molecule has 2 rings (SSSR count). The first kappa shape index (κ1) is 13.2. The van der Waals surface area contributed by atoms with Crippen molar-refractivity contribution in [3.63, 3.8) is 0 Å². The minimum Gasteiger partial charge on any atom is -0.388 e. The smallest absolute Gasteiger partial charge is 0.155 e. The SMILES string of the molecule is NC(=S)c1nccnc1NCCCOCC1CC1. The van der Waals surface area contributed by atoms with Crippen molar-refractivity contribution < 1.29 is 4.74 Å². The molecule has 98 valence electrons. The van der Waals surface area contributed by atoms with E-state index < -0.39 is 0 Å². The van der Waals surface area contributed by atoms with E-state index >= 15 is 0 Å². The molecule has 1 saturated carbocycles. The maximum Gasteiger partial charge on any atom is 0.155 e. The van der Waals surface area contributed by atoms with Gasteiger partial charge in [0.2, 0.25) is 0 Å². The number of hydrogen-bond acceptors (Lipinski definition) is 5. The molecule has 0 unspecified atom stereocenters. The Hall–Kier alpha value is -1.27. The number of hydrogen-bond donors (Lipinski definition) is 2. The van der Waals surface area contributed by atoms with Crippen LogP contribution in [0.1, 0.15) is 25.0 Å². The van der Waals surface area contributed by atoms with Gasteiger partial charge in [0.1, 0.15) is 10.7 Å². The van der Waals surface area contributed by atoms with Crippen LogP contribution in [-0.2, 0) is 4.74 Å². The summed E-state index contributed by atoms with van der Waals surface area (Å²) in [6, 6.07) is 0. The summed E-state index contributed by atoms with van der Waals surface area (Å²) in [5, 5.41) is 3.18. The second-order valence-electron chi connectivity index (χ2n) is 4.42. The lowest BCUT2D eigenvalue weighted by atomic mass is 10.3. The normalized spacial score (nSPS) is 14.4. The van der Waals surface area contributed by atoms with Crippen LogP contribution in [0.25, 0.3) is 0 Å². The number of nitrogens with two attached hydrogens (primary N) is 1. The molecule has 0 saturated heterocycles. The highest BCUT2D eigenvalue weighted by Crippen LogP contribution is 2.28. The standard InChI is InChI=1S/C12H18N4OS/c13-11(18)10-12(16-6-5-14-10)15-4-1-7-17-8-9-2-3-9/h5-6,9H,1-4,7-8H2,(H2,13,18)(H,15,16). The third-order valence-corrected chi connectivity index (χ3v) is 2.93. The van der Waals surface area contributed by atoms with Gasteiger partial charge in [-0.1, -0.05) is 12.2 Å². The highest BCUT2D eigenvalue weighted by Gasteiger charge is 2.20. The molecule has 1 aliphatic rings. The van der Waals surface area contributed by atoms with E-state index in [0.29, 0.717) is 11.5 Å². The molecule has 1 heterocycles. The van der Waals surface area contributed by atoms with Gasteiger partial charge in [0.15, 0.2) is 5.82 Å². The van der Waals surface area contributed by atoms with Crippen molar-refractivity contribution >= 4 is 23.0 Å². The molecule has 5 nitrogen and oxygen atoms in total. The van der Waals surface area contributed by atoms with Gasteiger partial charge in [-0.3, -0.25) is 0 Å². The van der Waals surface area contributed by atoms with Crippen LogP contribution in [0.2, 0.25) is 0 Å². The maximum absolute atomic E-state index is 5.57. The first-order valence-electron chi connectivity index (χ1n) is 6.20. The molecular formula is C12H18N4OS. The van der Waals surface area contributed by atoms with Crippen LogP contribution in [0.3, 0.4) is 0 Å². The number of rotatable bonds is 8. The Morgan fingerprint density at radius 2 is 2.22 bits per heavy atom. The van der Waals surface area contributed by atoms with Gasteiger partial charge in [-0.25, -0.2) is 9.97 Å². The highest BCUT2D eigenvalue weighted by molar-refractivity contribution is 7.80. The molecule has 6 heteroatoms. The lowest BCUT2D eigenvalue weighted by Crippen LogP contribution is -2.17. The second kappa shape index (κ2) is 6.61. The Bertz CT molecular complexity index is 409. The molecule has 0 atom stereocenters. The van der Waals surface area contributed by atoms with Crippen molar-refractivity contribution in [1.82, 2.24) is 9.97 Å². The lowest BCUT2D eigenvalue weighted by molar-refractivity contribution is 0.124. The van der Waals surface area contributed by atoms with Crippen molar-refractivity contribution in [1.29, 1.82) is 0 Å². The molecule has 1 aliphatic carbocycles. The lowest BCUT2D eigenvalue weighted by Gasteiger charge is -2.08. The van der Waals surface area contributed by atoms with Crippen molar-refractivity contribution in [2.75, 3.05) is 25.1 Å². The van der Waals surface area contributed by atoms with Gasteiger partial charge in [0.25, 0.3) is 0 Å². The summed E-state index contributed by atoms with van der Waals surface area (Å²) in [5.41, 5.74) is 6.12. The van der Waals surface area contributed by atoms with Gasteiger partial charge < -0.3 is 15.8 Å². The van der Waals surface area contributed by atoms with Gasteiger partial charge in [0, 0.05) is 32.2 Å². The quantitative estimate of drug-likeness (QED) is 0.546. The van der Waals surface area contributed by atoms with E-state index in [0.717, 1.165) is 32.1 Å². The van der Waals surface area contributed by atoms with Crippen LogP contribution in [0, 0.1) is 5.92 Å². The third-order valence-electron chi connectivity index (χ3n) is 2.74. The molecular weight excluding hydrogens is 248 g/mol.